The van der Waals surface area contributed by atoms with E-state index < -0.39 is 5.97 Å². The summed E-state index contributed by atoms with van der Waals surface area (Å²) in [5, 5.41) is 9.91. The number of aryl methyl sites for hydroxylation is 2. The standard InChI is InChI=1S/C11H9ClN2O3S/c1-5-6(2)17-11(13-5)18-8-4-3-7(12)9(14-8)10(15)16/h3-4H,1-2H3,(H,15,16). The molecule has 0 atom stereocenters. The highest BCUT2D eigenvalue weighted by molar-refractivity contribution is 7.99. The van der Waals surface area contributed by atoms with Crippen molar-refractivity contribution >= 4 is 29.3 Å². The lowest BCUT2D eigenvalue weighted by Crippen LogP contribution is -2.01. The van der Waals surface area contributed by atoms with Crippen molar-refractivity contribution in [3.8, 4) is 0 Å². The van der Waals surface area contributed by atoms with E-state index in [4.69, 9.17) is 21.1 Å². The third kappa shape index (κ3) is 2.65. The minimum absolute atomic E-state index is 0.103. The maximum Gasteiger partial charge on any atom is 0.356 e. The van der Waals surface area contributed by atoms with Crippen molar-refractivity contribution in [3.05, 3.63) is 34.3 Å². The van der Waals surface area contributed by atoms with Gasteiger partial charge in [0.15, 0.2) is 5.69 Å². The molecule has 0 aliphatic carbocycles. The largest absolute Gasteiger partial charge is 0.476 e. The molecule has 1 N–H and O–H groups in total. The highest BCUT2D eigenvalue weighted by atomic mass is 35.5. The van der Waals surface area contributed by atoms with E-state index in [9.17, 15) is 4.79 Å². The van der Waals surface area contributed by atoms with Crippen LogP contribution in [0.1, 0.15) is 21.9 Å². The molecule has 0 unspecified atom stereocenters. The van der Waals surface area contributed by atoms with E-state index in [2.05, 4.69) is 9.97 Å². The Labute approximate surface area is 112 Å². The fourth-order valence-electron chi connectivity index (χ4n) is 1.21. The second-order valence-corrected chi connectivity index (χ2v) is 4.89. The first-order valence-electron chi connectivity index (χ1n) is 4.99. The van der Waals surface area contributed by atoms with Crippen LogP contribution >= 0.6 is 23.4 Å². The molecule has 0 bridgehead atoms. The lowest BCUT2D eigenvalue weighted by atomic mass is 10.3. The maximum atomic E-state index is 10.9. The molecular formula is C11H9ClN2O3S. The van der Waals surface area contributed by atoms with Gasteiger partial charge in [0.1, 0.15) is 10.8 Å². The van der Waals surface area contributed by atoms with Crippen molar-refractivity contribution in [2.45, 2.75) is 24.1 Å². The number of aromatic nitrogens is 2. The van der Waals surface area contributed by atoms with Crippen molar-refractivity contribution in [2.75, 3.05) is 0 Å². The number of carboxylic acid groups (broad SMARTS) is 1. The van der Waals surface area contributed by atoms with Crippen molar-refractivity contribution in [3.63, 3.8) is 0 Å². The van der Waals surface area contributed by atoms with Crippen LogP contribution in [0, 0.1) is 13.8 Å². The topological polar surface area (TPSA) is 76.2 Å². The zero-order valence-electron chi connectivity index (χ0n) is 9.60. The van der Waals surface area contributed by atoms with Gasteiger partial charge in [0, 0.05) is 0 Å². The lowest BCUT2D eigenvalue weighted by molar-refractivity contribution is 0.0690. The van der Waals surface area contributed by atoms with Crippen LogP contribution in [0.3, 0.4) is 0 Å². The molecule has 0 fully saturated rings. The first kappa shape index (κ1) is 12.9. The number of carboxylic acids is 1. The van der Waals surface area contributed by atoms with Gasteiger partial charge in [0.25, 0.3) is 5.22 Å². The number of nitrogens with zero attached hydrogens (tertiary/aromatic N) is 2. The second kappa shape index (κ2) is 4.99. The molecule has 0 radical (unpaired) electrons. The molecule has 0 spiro atoms. The number of aromatic carboxylic acids is 1. The van der Waals surface area contributed by atoms with Crippen LogP contribution in [0.5, 0.6) is 0 Å². The molecule has 94 valence electrons. The van der Waals surface area contributed by atoms with Gasteiger partial charge in [-0.05, 0) is 37.7 Å². The number of oxazole rings is 1. The molecular weight excluding hydrogens is 276 g/mol. The van der Waals surface area contributed by atoms with Crippen LogP contribution in [0.2, 0.25) is 5.02 Å². The zero-order chi connectivity index (χ0) is 13.3. The first-order chi connectivity index (χ1) is 8.47. The van der Waals surface area contributed by atoms with Gasteiger partial charge in [-0.25, -0.2) is 14.8 Å². The van der Waals surface area contributed by atoms with Gasteiger partial charge in [-0.15, -0.1) is 0 Å². The van der Waals surface area contributed by atoms with E-state index >= 15 is 0 Å². The summed E-state index contributed by atoms with van der Waals surface area (Å²) in [5.74, 6) is -0.438. The Morgan fingerprint density at radius 1 is 1.39 bits per heavy atom. The fraction of sp³-hybridized carbons (Fsp3) is 0.182. The summed E-state index contributed by atoms with van der Waals surface area (Å²) in [5.41, 5.74) is 0.617. The Bertz CT molecular complexity index is 593. The van der Waals surface area contributed by atoms with Gasteiger partial charge in [-0.2, -0.15) is 0 Å². The van der Waals surface area contributed by atoms with Gasteiger partial charge >= 0.3 is 5.97 Å². The smallest absolute Gasteiger partial charge is 0.356 e. The minimum Gasteiger partial charge on any atom is -0.476 e. The molecule has 2 aromatic heterocycles. The van der Waals surface area contributed by atoms with Crippen LogP contribution in [-0.2, 0) is 0 Å². The summed E-state index contributed by atoms with van der Waals surface area (Å²) >= 11 is 6.88. The quantitative estimate of drug-likeness (QED) is 0.933. The molecule has 5 nitrogen and oxygen atoms in total. The number of hydrogen-bond donors (Lipinski definition) is 1. The highest BCUT2D eigenvalue weighted by Crippen LogP contribution is 2.28. The second-order valence-electron chi connectivity index (χ2n) is 3.51. The number of carbonyl (C=O) groups is 1. The van der Waals surface area contributed by atoms with E-state index in [-0.39, 0.29) is 10.7 Å². The Balaban J connectivity index is 2.29. The number of rotatable bonds is 3. The summed E-state index contributed by atoms with van der Waals surface area (Å²) in [6.45, 7) is 3.64. The van der Waals surface area contributed by atoms with E-state index in [1.54, 1.807) is 6.07 Å². The number of halogens is 1. The molecule has 0 aliphatic heterocycles. The van der Waals surface area contributed by atoms with E-state index in [0.29, 0.717) is 10.2 Å². The summed E-state index contributed by atoms with van der Waals surface area (Å²) in [6.07, 6.45) is 0. The van der Waals surface area contributed by atoms with Crippen LogP contribution in [0.15, 0.2) is 26.8 Å². The van der Waals surface area contributed by atoms with Gasteiger partial charge in [-0.3, -0.25) is 0 Å². The zero-order valence-corrected chi connectivity index (χ0v) is 11.2. The third-order valence-electron chi connectivity index (χ3n) is 2.22. The maximum absolute atomic E-state index is 10.9. The van der Waals surface area contributed by atoms with Gasteiger partial charge in [0.2, 0.25) is 0 Å². The van der Waals surface area contributed by atoms with Crippen LogP contribution in [0.25, 0.3) is 0 Å². The summed E-state index contributed by atoms with van der Waals surface area (Å²) in [7, 11) is 0. The number of hydrogen-bond acceptors (Lipinski definition) is 5. The Kier molecular flexibility index (Phi) is 3.58. The first-order valence-corrected chi connectivity index (χ1v) is 6.18. The molecule has 18 heavy (non-hydrogen) atoms. The third-order valence-corrected chi connectivity index (χ3v) is 3.31. The van der Waals surface area contributed by atoms with E-state index in [0.717, 1.165) is 23.2 Å². The normalized spacial score (nSPS) is 10.6. The molecule has 0 amide bonds. The number of pyridine rings is 1. The van der Waals surface area contributed by atoms with E-state index in [1.165, 1.54) is 6.07 Å². The molecule has 2 rings (SSSR count). The van der Waals surface area contributed by atoms with Crippen LogP contribution in [-0.4, -0.2) is 21.0 Å². The Hall–Kier alpha value is -1.53. The molecule has 0 aromatic carbocycles. The molecule has 0 saturated carbocycles. The van der Waals surface area contributed by atoms with E-state index in [1.807, 2.05) is 13.8 Å². The SMILES string of the molecule is Cc1nc(Sc2ccc(Cl)c(C(=O)O)n2)oc1C. The summed E-state index contributed by atoms with van der Waals surface area (Å²) in [4.78, 5) is 19.0. The van der Waals surface area contributed by atoms with Crippen LogP contribution in [0.4, 0.5) is 0 Å². The average Bonchev–Trinajstić information content (AvgIpc) is 2.60. The van der Waals surface area contributed by atoms with Crippen molar-refractivity contribution in [2.24, 2.45) is 0 Å². The van der Waals surface area contributed by atoms with Crippen molar-refractivity contribution in [1.82, 2.24) is 9.97 Å². The molecule has 7 heteroatoms. The molecule has 0 saturated heterocycles. The summed E-state index contributed by atoms with van der Waals surface area (Å²) < 4.78 is 5.38. The van der Waals surface area contributed by atoms with Gasteiger partial charge < -0.3 is 9.52 Å². The summed E-state index contributed by atoms with van der Waals surface area (Å²) in [6, 6.07) is 3.11. The Morgan fingerprint density at radius 2 is 2.11 bits per heavy atom. The van der Waals surface area contributed by atoms with Gasteiger partial charge in [-0.1, -0.05) is 11.6 Å². The molecule has 0 aliphatic rings. The van der Waals surface area contributed by atoms with Crippen LogP contribution < -0.4 is 0 Å². The van der Waals surface area contributed by atoms with Crippen molar-refractivity contribution < 1.29 is 14.3 Å². The fourth-order valence-corrected chi connectivity index (χ4v) is 2.19. The van der Waals surface area contributed by atoms with Crippen molar-refractivity contribution in [1.29, 1.82) is 0 Å². The monoisotopic (exact) mass is 284 g/mol. The lowest BCUT2D eigenvalue weighted by Gasteiger charge is -2.00. The molecule has 2 heterocycles. The average molecular weight is 285 g/mol. The molecule has 2 aromatic rings. The minimum atomic E-state index is -1.16. The highest BCUT2D eigenvalue weighted by Gasteiger charge is 2.14. The predicted molar refractivity (Wildman–Crippen MR) is 66.3 cm³/mol. The Morgan fingerprint density at radius 3 is 2.67 bits per heavy atom. The van der Waals surface area contributed by atoms with Gasteiger partial charge in [0.05, 0.1) is 10.7 Å². The predicted octanol–water partition coefficient (Wildman–Crippen LogP) is 3.19.